The molecule has 0 aliphatic rings. The molecule has 0 saturated heterocycles. The Balaban J connectivity index is 1.76. The Labute approximate surface area is 126 Å². The summed E-state index contributed by atoms with van der Waals surface area (Å²) in [6.07, 6.45) is 1.74. The fraction of sp³-hybridized carbons (Fsp3) is 0.412. The fourth-order valence-corrected chi connectivity index (χ4v) is 2.21. The Bertz CT molecular complexity index is 551. The molecule has 4 nitrogen and oxygen atoms in total. The largest absolute Gasteiger partial charge is 0.492 e. The van der Waals surface area contributed by atoms with Crippen molar-refractivity contribution in [3.8, 4) is 5.75 Å². The van der Waals surface area contributed by atoms with Gasteiger partial charge in [0.1, 0.15) is 18.1 Å². The lowest BCUT2D eigenvalue weighted by molar-refractivity contribution is 0.232. The number of nitrogens with one attached hydrogen (secondary N) is 1. The second-order valence-electron chi connectivity index (χ2n) is 5.27. The van der Waals surface area contributed by atoms with E-state index in [0.29, 0.717) is 6.61 Å². The van der Waals surface area contributed by atoms with Gasteiger partial charge in [0, 0.05) is 25.2 Å². The minimum Gasteiger partial charge on any atom is -0.492 e. The number of likely N-dealkylation sites (N-methyl/N-ethyl adjacent to an activating group) is 1. The molecule has 1 aromatic carbocycles. The van der Waals surface area contributed by atoms with E-state index in [2.05, 4.69) is 29.4 Å². The second-order valence-corrected chi connectivity index (χ2v) is 5.27. The molecule has 0 saturated carbocycles. The first-order valence-electron chi connectivity index (χ1n) is 7.27. The van der Waals surface area contributed by atoms with Crippen LogP contribution in [0.25, 0.3) is 0 Å². The highest BCUT2D eigenvalue weighted by atomic mass is 16.5. The number of aryl methyl sites for hydroxylation is 1. The molecule has 0 aliphatic carbocycles. The molecular formula is C17H24N2O2. The lowest BCUT2D eigenvalue weighted by Crippen LogP contribution is -2.24. The van der Waals surface area contributed by atoms with Crippen LogP contribution >= 0.6 is 0 Å². The Hall–Kier alpha value is -1.78. The SMILES string of the molecule is CNCc1cccc(OCCN(C)Cc2ccoc2C)c1. The molecule has 2 aromatic rings. The molecule has 0 spiro atoms. The third kappa shape index (κ3) is 4.92. The summed E-state index contributed by atoms with van der Waals surface area (Å²) in [4.78, 5) is 2.23. The standard InChI is InChI=1S/C17H24N2O2/c1-14-16(7-9-20-14)13-19(3)8-10-21-17-6-4-5-15(11-17)12-18-2/h4-7,9,11,18H,8,10,12-13H2,1-3H3. The molecule has 1 aromatic heterocycles. The summed E-state index contributed by atoms with van der Waals surface area (Å²) in [5.74, 6) is 1.91. The Morgan fingerprint density at radius 3 is 2.86 bits per heavy atom. The highest BCUT2D eigenvalue weighted by Crippen LogP contribution is 2.14. The lowest BCUT2D eigenvalue weighted by atomic mass is 10.2. The van der Waals surface area contributed by atoms with Crippen LogP contribution in [0, 0.1) is 6.92 Å². The quantitative estimate of drug-likeness (QED) is 0.810. The maximum Gasteiger partial charge on any atom is 0.119 e. The highest BCUT2D eigenvalue weighted by molar-refractivity contribution is 5.28. The molecule has 2 rings (SSSR count). The van der Waals surface area contributed by atoms with Crippen LogP contribution in [0.15, 0.2) is 41.0 Å². The summed E-state index contributed by atoms with van der Waals surface area (Å²) in [5.41, 5.74) is 2.46. The molecule has 0 amide bonds. The van der Waals surface area contributed by atoms with Crippen molar-refractivity contribution in [2.75, 3.05) is 27.2 Å². The van der Waals surface area contributed by atoms with Gasteiger partial charge >= 0.3 is 0 Å². The van der Waals surface area contributed by atoms with Crippen LogP contribution < -0.4 is 10.1 Å². The summed E-state index contributed by atoms with van der Waals surface area (Å²) in [6, 6.07) is 10.2. The molecule has 0 atom stereocenters. The molecule has 21 heavy (non-hydrogen) atoms. The summed E-state index contributed by atoms with van der Waals surface area (Å²) >= 11 is 0. The van der Waals surface area contributed by atoms with E-state index in [1.807, 2.05) is 32.2 Å². The maximum absolute atomic E-state index is 5.82. The molecular weight excluding hydrogens is 264 g/mol. The lowest BCUT2D eigenvalue weighted by Gasteiger charge is -2.16. The number of furan rings is 1. The smallest absolute Gasteiger partial charge is 0.119 e. The van der Waals surface area contributed by atoms with Crippen molar-refractivity contribution in [3.63, 3.8) is 0 Å². The van der Waals surface area contributed by atoms with Crippen molar-refractivity contribution < 1.29 is 9.15 Å². The molecule has 1 heterocycles. The van der Waals surface area contributed by atoms with Gasteiger partial charge in [-0.1, -0.05) is 12.1 Å². The van der Waals surface area contributed by atoms with Crippen LogP contribution in [0.4, 0.5) is 0 Å². The molecule has 4 heteroatoms. The minimum absolute atomic E-state index is 0.677. The molecule has 0 unspecified atom stereocenters. The number of rotatable bonds is 8. The second kappa shape index (κ2) is 7.86. The molecule has 0 bridgehead atoms. The zero-order valence-corrected chi connectivity index (χ0v) is 13.1. The number of nitrogens with zero attached hydrogens (tertiary/aromatic N) is 1. The topological polar surface area (TPSA) is 37.6 Å². The van der Waals surface area contributed by atoms with E-state index in [9.17, 15) is 0 Å². The predicted octanol–water partition coefficient (Wildman–Crippen LogP) is 2.82. The number of hydrogen-bond donors (Lipinski definition) is 1. The normalized spacial score (nSPS) is 11.0. The van der Waals surface area contributed by atoms with Crippen LogP contribution in [0.3, 0.4) is 0 Å². The third-order valence-electron chi connectivity index (χ3n) is 3.43. The molecule has 114 valence electrons. The number of hydrogen-bond acceptors (Lipinski definition) is 4. The van der Waals surface area contributed by atoms with Crippen LogP contribution in [-0.2, 0) is 13.1 Å². The van der Waals surface area contributed by atoms with E-state index in [-0.39, 0.29) is 0 Å². The predicted molar refractivity (Wildman–Crippen MR) is 84.5 cm³/mol. The Morgan fingerprint density at radius 2 is 2.14 bits per heavy atom. The van der Waals surface area contributed by atoms with E-state index < -0.39 is 0 Å². The molecule has 1 N–H and O–H groups in total. The van der Waals surface area contributed by atoms with Gasteiger partial charge < -0.3 is 14.5 Å². The van der Waals surface area contributed by atoms with Gasteiger partial charge in [-0.15, -0.1) is 0 Å². The monoisotopic (exact) mass is 288 g/mol. The minimum atomic E-state index is 0.677. The van der Waals surface area contributed by atoms with Gasteiger partial charge in [-0.05, 0) is 44.8 Å². The summed E-state index contributed by atoms with van der Waals surface area (Å²) < 4.78 is 11.1. The Morgan fingerprint density at radius 1 is 1.29 bits per heavy atom. The van der Waals surface area contributed by atoms with E-state index in [0.717, 1.165) is 31.1 Å². The van der Waals surface area contributed by atoms with Crippen LogP contribution in [-0.4, -0.2) is 32.1 Å². The van der Waals surface area contributed by atoms with Gasteiger partial charge in [0.05, 0.1) is 6.26 Å². The van der Waals surface area contributed by atoms with Crippen molar-refractivity contribution in [2.45, 2.75) is 20.0 Å². The van der Waals surface area contributed by atoms with Crippen molar-refractivity contribution in [1.29, 1.82) is 0 Å². The third-order valence-corrected chi connectivity index (χ3v) is 3.43. The number of ether oxygens (including phenoxy) is 1. The molecule has 0 aliphatic heterocycles. The van der Waals surface area contributed by atoms with Crippen LogP contribution in [0.5, 0.6) is 5.75 Å². The first-order chi connectivity index (χ1) is 10.2. The zero-order chi connectivity index (χ0) is 15.1. The van der Waals surface area contributed by atoms with E-state index >= 15 is 0 Å². The Kier molecular flexibility index (Phi) is 5.84. The van der Waals surface area contributed by atoms with E-state index in [4.69, 9.17) is 9.15 Å². The fourth-order valence-electron chi connectivity index (χ4n) is 2.21. The van der Waals surface area contributed by atoms with Crippen LogP contribution in [0.2, 0.25) is 0 Å². The van der Waals surface area contributed by atoms with Crippen LogP contribution in [0.1, 0.15) is 16.9 Å². The molecule has 0 radical (unpaired) electrons. The average Bonchev–Trinajstić information content (AvgIpc) is 2.85. The van der Waals surface area contributed by atoms with Gasteiger partial charge in [0.15, 0.2) is 0 Å². The van der Waals surface area contributed by atoms with Gasteiger partial charge in [-0.3, -0.25) is 4.90 Å². The van der Waals surface area contributed by atoms with Gasteiger partial charge in [-0.25, -0.2) is 0 Å². The first kappa shape index (κ1) is 15.6. The first-order valence-corrected chi connectivity index (χ1v) is 7.27. The molecule has 0 fully saturated rings. The summed E-state index contributed by atoms with van der Waals surface area (Å²) in [7, 11) is 4.04. The van der Waals surface area contributed by atoms with E-state index in [1.165, 1.54) is 11.1 Å². The average molecular weight is 288 g/mol. The van der Waals surface area contributed by atoms with Gasteiger partial charge in [0.2, 0.25) is 0 Å². The van der Waals surface area contributed by atoms with Gasteiger partial charge in [-0.2, -0.15) is 0 Å². The van der Waals surface area contributed by atoms with Crippen molar-refractivity contribution in [1.82, 2.24) is 10.2 Å². The summed E-state index contributed by atoms with van der Waals surface area (Å²) in [6.45, 7) is 5.28. The summed E-state index contributed by atoms with van der Waals surface area (Å²) in [5, 5.41) is 3.14. The highest BCUT2D eigenvalue weighted by Gasteiger charge is 2.05. The van der Waals surface area contributed by atoms with Gasteiger partial charge in [0.25, 0.3) is 0 Å². The van der Waals surface area contributed by atoms with Crippen molar-refractivity contribution in [2.24, 2.45) is 0 Å². The van der Waals surface area contributed by atoms with Crippen molar-refractivity contribution >= 4 is 0 Å². The number of benzene rings is 1. The zero-order valence-electron chi connectivity index (χ0n) is 13.1. The van der Waals surface area contributed by atoms with Crippen molar-refractivity contribution in [3.05, 3.63) is 53.5 Å². The van der Waals surface area contributed by atoms with E-state index in [1.54, 1.807) is 6.26 Å². The maximum atomic E-state index is 5.82.